The van der Waals surface area contributed by atoms with Crippen LogP contribution in [0.15, 0.2) is 72.8 Å². The summed E-state index contributed by atoms with van der Waals surface area (Å²) in [7, 11) is 3.20. The predicted molar refractivity (Wildman–Crippen MR) is 130 cm³/mol. The number of carbonyl (C=O) groups excluding carboxylic acids is 2. The number of methoxy groups -OCH3 is 1. The summed E-state index contributed by atoms with van der Waals surface area (Å²) in [6, 6.07) is 19.2. The number of rotatable bonds is 7. The highest BCUT2D eigenvalue weighted by Crippen LogP contribution is 2.33. The number of anilines is 1. The summed E-state index contributed by atoms with van der Waals surface area (Å²) in [6.45, 7) is 2.16. The molecule has 3 aromatic rings. The standard InChI is InChI=1S/C27H26N2O5/c1-18-4-8-20(9-5-18)26(27(31)28-21-10-12-22(32-3)13-11-21)29(2)25(30)15-7-19-6-14-23-24(16-19)34-17-33-23/h4-16,26H,17H2,1-3H3,(H,28,31)/b15-7+/t26-/m1/s1. The monoisotopic (exact) mass is 458 g/mol. The zero-order valence-electron chi connectivity index (χ0n) is 19.3. The van der Waals surface area contributed by atoms with Crippen molar-refractivity contribution in [3.8, 4) is 17.2 Å². The summed E-state index contributed by atoms with van der Waals surface area (Å²) < 4.78 is 15.9. The topological polar surface area (TPSA) is 77.1 Å². The van der Waals surface area contributed by atoms with E-state index in [0.29, 0.717) is 28.5 Å². The van der Waals surface area contributed by atoms with Crippen LogP contribution >= 0.6 is 0 Å². The summed E-state index contributed by atoms with van der Waals surface area (Å²) in [6.07, 6.45) is 3.13. The zero-order valence-corrected chi connectivity index (χ0v) is 19.3. The lowest BCUT2D eigenvalue weighted by Gasteiger charge is -2.27. The molecule has 0 aromatic heterocycles. The average Bonchev–Trinajstić information content (AvgIpc) is 3.32. The fourth-order valence-corrected chi connectivity index (χ4v) is 3.61. The van der Waals surface area contributed by atoms with Gasteiger partial charge < -0.3 is 24.4 Å². The minimum atomic E-state index is -0.823. The molecule has 1 atom stereocenters. The highest BCUT2D eigenvalue weighted by atomic mass is 16.7. The number of hydrogen-bond acceptors (Lipinski definition) is 5. The van der Waals surface area contributed by atoms with E-state index in [1.165, 1.54) is 11.0 Å². The Morgan fingerprint density at radius 1 is 1.00 bits per heavy atom. The maximum atomic E-state index is 13.3. The van der Waals surface area contributed by atoms with Gasteiger partial charge in [0.05, 0.1) is 7.11 Å². The van der Waals surface area contributed by atoms with E-state index in [2.05, 4.69) is 5.32 Å². The SMILES string of the molecule is COc1ccc(NC(=O)[C@@H](c2ccc(C)cc2)N(C)C(=O)/C=C/c2ccc3c(c2)OCO3)cc1. The molecule has 1 N–H and O–H groups in total. The van der Waals surface area contributed by atoms with E-state index in [9.17, 15) is 9.59 Å². The summed E-state index contributed by atoms with van der Waals surface area (Å²) in [5, 5.41) is 2.90. The van der Waals surface area contributed by atoms with Crippen molar-refractivity contribution in [3.05, 3.63) is 89.5 Å². The van der Waals surface area contributed by atoms with Crippen molar-refractivity contribution in [2.45, 2.75) is 13.0 Å². The number of amides is 2. The van der Waals surface area contributed by atoms with Crippen molar-refractivity contribution in [2.75, 3.05) is 26.3 Å². The number of ether oxygens (including phenoxy) is 3. The maximum absolute atomic E-state index is 13.3. The first kappa shape index (κ1) is 22.9. The van der Waals surface area contributed by atoms with Gasteiger partial charge in [0.25, 0.3) is 5.91 Å². The van der Waals surface area contributed by atoms with E-state index < -0.39 is 6.04 Å². The highest BCUT2D eigenvalue weighted by molar-refractivity contribution is 6.00. The molecule has 0 radical (unpaired) electrons. The number of carbonyl (C=O) groups is 2. The van der Waals surface area contributed by atoms with Crippen LogP contribution in [0.5, 0.6) is 17.2 Å². The third-order valence-corrected chi connectivity index (χ3v) is 5.55. The van der Waals surface area contributed by atoms with Gasteiger partial charge in [0, 0.05) is 18.8 Å². The second-order valence-electron chi connectivity index (χ2n) is 7.93. The Kier molecular flexibility index (Phi) is 6.82. The minimum absolute atomic E-state index is 0.186. The van der Waals surface area contributed by atoms with Gasteiger partial charge in [-0.05, 0) is 60.5 Å². The Morgan fingerprint density at radius 2 is 1.71 bits per heavy atom. The van der Waals surface area contributed by atoms with E-state index >= 15 is 0 Å². The van der Waals surface area contributed by atoms with Gasteiger partial charge in [0.2, 0.25) is 12.7 Å². The number of aryl methyl sites for hydroxylation is 1. The molecule has 1 heterocycles. The van der Waals surface area contributed by atoms with Crippen LogP contribution in [0.25, 0.3) is 6.08 Å². The Balaban J connectivity index is 1.55. The number of hydrogen-bond donors (Lipinski definition) is 1. The van der Waals surface area contributed by atoms with Gasteiger partial charge in [-0.15, -0.1) is 0 Å². The molecule has 174 valence electrons. The number of fused-ring (bicyclic) bond motifs is 1. The molecule has 0 fully saturated rings. The second-order valence-corrected chi connectivity index (χ2v) is 7.93. The Bertz CT molecular complexity index is 1200. The van der Waals surface area contributed by atoms with E-state index in [-0.39, 0.29) is 18.6 Å². The first-order chi connectivity index (χ1) is 16.4. The first-order valence-corrected chi connectivity index (χ1v) is 10.8. The fraction of sp³-hybridized carbons (Fsp3) is 0.185. The zero-order chi connectivity index (χ0) is 24.1. The fourth-order valence-electron chi connectivity index (χ4n) is 3.61. The number of nitrogens with zero attached hydrogens (tertiary/aromatic N) is 1. The lowest BCUT2D eigenvalue weighted by Crippen LogP contribution is -2.37. The first-order valence-electron chi connectivity index (χ1n) is 10.8. The molecular formula is C27H26N2O5. The van der Waals surface area contributed by atoms with Crippen LogP contribution in [-0.4, -0.2) is 37.7 Å². The molecule has 0 spiro atoms. The van der Waals surface area contributed by atoms with Crippen molar-refractivity contribution in [1.29, 1.82) is 0 Å². The molecule has 0 saturated heterocycles. The number of likely N-dealkylation sites (N-methyl/N-ethyl adjacent to an activating group) is 1. The molecule has 1 aliphatic rings. The van der Waals surface area contributed by atoms with Gasteiger partial charge in [0.15, 0.2) is 11.5 Å². The summed E-state index contributed by atoms with van der Waals surface area (Å²) >= 11 is 0. The normalized spacial score (nSPS) is 12.9. The smallest absolute Gasteiger partial charge is 0.251 e. The molecule has 2 amide bonds. The van der Waals surface area contributed by atoms with Gasteiger partial charge in [-0.3, -0.25) is 9.59 Å². The average molecular weight is 459 g/mol. The maximum Gasteiger partial charge on any atom is 0.251 e. The lowest BCUT2D eigenvalue weighted by molar-refractivity contribution is -0.133. The third-order valence-electron chi connectivity index (χ3n) is 5.55. The van der Waals surface area contributed by atoms with E-state index in [0.717, 1.165) is 11.1 Å². The molecular weight excluding hydrogens is 432 g/mol. The Morgan fingerprint density at radius 3 is 2.41 bits per heavy atom. The van der Waals surface area contributed by atoms with Crippen LogP contribution in [0.2, 0.25) is 0 Å². The van der Waals surface area contributed by atoms with E-state index in [1.54, 1.807) is 56.6 Å². The van der Waals surface area contributed by atoms with Gasteiger partial charge in [-0.1, -0.05) is 35.9 Å². The molecule has 7 nitrogen and oxygen atoms in total. The molecule has 0 bridgehead atoms. The highest BCUT2D eigenvalue weighted by Gasteiger charge is 2.28. The van der Waals surface area contributed by atoms with Crippen LogP contribution in [0.1, 0.15) is 22.7 Å². The van der Waals surface area contributed by atoms with Crippen LogP contribution in [-0.2, 0) is 9.59 Å². The van der Waals surface area contributed by atoms with Crippen LogP contribution in [0.4, 0.5) is 5.69 Å². The lowest BCUT2D eigenvalue weighted by atomic mass is 10.0. The van der Waals surface area contributed by atoms with Crippen molar-refractivity contribution >= 4 is 23.6 Å². The Labute approximate surface area is 198 Å². The quantitative estimate of drug-likeness (QED) is 0.525. The number of benzene rings is 3. The largest absolute Gasteiger partial charge is 0.497 e. The predicted octanol–water partition coefficient (Wildman–Crippen LogP) is 4.58. The van der Waals surface area contributed by atoms with Gasteiger partial charge in [-0.25, -0.2) is 0 Å². The Hall–Kier alpha value is -4.26. The van der Waals surface area contributed by atoms with Crippen molar-refractivity contribution in [2.24, 2.45) is 0 Å². The van der Waals surface area contributed by atoms with Crippen molar-refractivity contribution in [3.63, 3.8) is 0 Å². The van der Waals surface area contributed by atoms with Crippen LogP contribution in [0, 0.1) is 6.92 Å². The molecule has 4 rings (SSSR count). The van der Waals surface area contributed by atoms with Crippen molar-refractivity contribution in [1.82, 2.24) is 4.90 Å². The second kappa shape index (κ2) is 10.1. The molecule has 7 heteroatoms. The van der Waals surface area contributed by atoms with E-state index in [1.807, 2.05) is 37.3 Å². The molecule has 1 aliphatic heterocycles. The molecule has 0 aliphatic carbocycles. The summed E-state index contributed by atoms with van der Waals surface area (Å²) in [4.78, 5) is 27.8. The summed E-state index contributed by atoms with van der Waals surface area (Å²) in [5.41, 5.74) is 3.18. The number of nitrogens with one attached hydrogen (secondary N) is 1. The van der Waals surface area contributed by atoms with Gasteiger partial charge >= 0.3 is 0 Å². The molecule has 3 aromatic carbocycles. The van der Waals surface area contributed by atoms with E-state index in [4.69, 9.17) is 14.2 Å². The van der Waals surface area contributed by atoms with Gasteiger partial charge in [0.1, 0.15) is 11.8 Å². The van der Waals surface area contributed by atoms with Gasteiger partial charge in [-0.2, -0.15) is 0 Å². The molecule has 0 saturated carbocycles. The van der Waals surface area contributed by atoms with Crippen molar-refractivity contribution < 1.29 is 23.8 Å². The molecule has 34 heavy (non-hydrogen) atoms. The summed E-state index contributed by atoms with van der Waals surface area (Å²) in [5.74, 6) is 1.37. The minimum Gasteiger partial charge on any atom is -0.497 e. The van der Waals surface area contributed by atoms with Crippen LogP contribution < -0.4 is 19.5 Å². The third kappa shape index (κ3) is 5.20. The molecule has 0 unspecified atom stereocenters. The van der Waals surface area contributed by atoms with Crippen LogP contribution in [0.3, 0.4) is 0 Å².